The Morgan fingerprint density at radius 1 is 1.25 bits per heavy atom. The van der Waals surface area contributed by atoms with Gasteiger partial charge < -0.3 is 5.11 Å². The maximum Gasteiger partial charge on any atom is 0.0695 e. The zero-order chi connectivity index (χ0) is 11.8. The van der Waals surface area contributed by atoms with Crippen molar-refractivity contribution >= 4 is 0 Å². The van der Waals surface area contributed by atoms with Crippen molar-refractivity contribution in [3.8, 4) is 0 Å². The van der Waals surface area contributed by atoms with Crippen molar-refractivity contribution in [1.29, 1.82) is 0 Å². The Labute approximate surface area is 100 Å². The molecule has 16 heavy (non-hydrogen) atoms. The Morgan fingerprint density at radius 3 is 2.50 bits per heavy atom. The van der Waals surface area contributed by atoms with Crippen molar-refractivity contribution in [2.75, 3.05) is 13.1 Å². The predicted octanol–water partition coefficient (Wildman–Crippen LogP) is 2.66. The summed E-state index contributed by atoms with van der Waals surface area (Å²) in [6, 6.07) is 0.411. The molecule has 2 atom stereocenters. The van der Waals surface area contributed by atoms with Crippen molar-refractivity contribution in [1.82, 2.24) is 4.90 Å². The number of aliphatic hydroxyl groups is 1. The lowest BCUT2D eigenvalue weighted by molar-refractivity contribution is -0.0170. The Morgan fingerprint density at radius 2 is 1.94 bits per heavy atom. The van der Waals surface area contributed by atoms with Gasteiger partial charge in [0.25, 0.3) is 0 Å². The minimum atomic E-state index is -0.0910. The van der Waals surface area contributed by atoms with Gasteiger partial charge in [-0.15, -0.1) is 0 Å². The van der Waals surface area contributed by atoms with E-state index in [9.17, 15) is 5.11 Å². The highest BCUT2D eigenvalue weighted by molar-refractivity contribution is 4.92. The summed E-state index contributed by atoms with van der Waals surface area (Å²) in [4.78, 5) is 2.53. The number of hydrogen-bond donors (Lipinski definition) is 1. The largest absolute Gasteiger partial charge is 0.391 e. The molecule has 94 valence electrons. The van der Waals surface area contributed by atoms with Gasteiger partial charge in [0.1, 0.15) is 0 Å². The summed E-state index contributed by atoms with van der Waals surface area (Å²) in [5, 5.41) is 10.2. The van der Waals surface area contributed by atoms with Crippen LogP contribution in [0.25, 0.3) is 0 Å². The average molecular weight is 225 g/mol. The van der Waals surface area contributed by atoms with Gasteiger partial charge in [0, 0.05) is 12.6 Å². The van der Waals surface area contributed by atoms with Crippen LogP contribution >= 0.6 is 0 Å². The standard InChI is InChI=1S/C14H27NO/c1-4-15(10-11-5-6-11)12-9-14(2,3)8-7-13(12)16/h11-13,16H,4-10H2,1-3H3. The zero-order valence-corrected chi connectivity index (χ0v) is 11.1. The van der Waals surface area contributed by atoms with Crippen molar-refractivity contribution in [3.05, 3.63) is 0 Å². The lowest BCUT2D eigenvalue weighted by Crippen LogP contribution is -2.49. The van der Waals surface area contributed by atoms with Crippen LogP contribution in [0.3, 0.4) is 0 Å². The minimum Gasteiger partial charge on any atom is -0.391 e. The van der Waals surface area contributed by atoms with E-state index in [-0.39, 0.29) is 6.10 Å². The first-order chi connectivity index (χ1) is 7.52. The SMILES string of the molecule is CCN(CC1CC1)C1CC(C)(C)CCC1O. The Bertz CT molecular complexity index is 235. The van der Waals surface area contributed by atoms with Crippen LogP contribution in [-0.2, 0) is 0 Å². The summed E-state index contributed by atoms with van der Waals surface area (Å²) in [6.07, 6.45) is 6.04. The highest BCUT2D eigenvalue weighted by Crippen LogP contribution is 2.39. The van der Waals surface area contributed by atoms with Crippen LogP contribution in [0, 0.1) is 11.3 Å². The summed E-state index contributed by atoms with van der Waals surface area (Å²) in [7, 11) is 0. The number of aliphatic hydroxyl groups excluding tert-OH is 1. The van der Waals surface area contributed by atoms with Gasteiger partial charge in [-0.25, -0.2) is 0 Å². The molecule has 2 saturated carbocycles. The van der Waals surface area contributed by atoms with E-state index in [0.29, 0.717) is 11.5 Å². The van der Waals surface area contributed by atoms with Crippen LogP contribution in [0.2, 0.25) is 0 Å². The third kappa shape index (κ3) is 2.98. The Kier molecular flexibility index (Phi) is 3.60. The molecule has 2 heteroatoms. The molecule has 0 heterocycles. The molecule has 2 fully saturated rings. The first kappa shape index (κ1) is 12.4. The fourth-order valence-corrected chi connectivity index (χ4v) is 3.04. The summed E-state index contributed by atoms with van der Waals surface area (Å²) in [6.45, 7) is 9.23. The molecule has 0 amide bonds. The molecule has 2 unspecified atom stereocenters. The van der Waals surface area contributed by atoms with Gasteiger partial charge in [-0.3, -0.25) is 4.90 Å². The predicted molar refractivity (Wildman–Crippen MR) is 67.4 cm³/mol. The summed E-state index contributed by atoms with van der Waals surface area (Å²) < 4.78 is 0. The Hall–Kier alpha value is -0.0800. The van der Waals surface area contributed by atoms with Gasteiger partial charge in [0.2, 0.25) is 0 Å². The quantitative estimate of drug-likeness (QED) is 0.795. The van der Waals surface area contributed by atoms with Gasteiger partial charge in [0.05, 0.1) is 6.10 Å². The normalized spacial score (nSPS) is 34.3. The fourth-order valence-electron chi connectivity index (χ4n) is 3.04. The van der Waals surface area contributed by atoms with Crippen LogP contribution in [0.5, 0.6) is 0 Å². The molecule has 2 aliphatic rings. The fraction of sp³-hybridized carbons (Fsp3) is 1.00. The van der Waals surface area contributed by atoms with E-state index in [1.54, 1.807) is 0 Å². The van der Waals surface area contributed by atoms with Crippen LogP contribution in [0.15, 0.2) is 0 Å². The van der Waals surface area contributed by atoms with Crippen LogP contribution in [0.4, 0.5) is 0 Å². The lowest BCUT2D eigenvalue weighted by atomic mass is 9.73. The molecular weight excluding hydrogens is 198 g/mol. The molecule has 0 radical (unpaired) electrons. The topological polar surface area (TPSA) is 23.5 Å². The molecule has 0 bridgehead atoms. The van der Waals surface area contributed by atoms with Crippen LogP contribution in [-0.4, -0.2) is 35.2 Å². The zero-order valence-electron chi connectivity index (χ0n) is 11.1. The molecule has 0 aromatic heterocycles. The van der Waals surface area contributed by atoms with E-state index in [1.807, 2.05) is 0 Å². The van der Waals surface area contributed by atoms with Crippen molar-refractivity contribution in [2.45, 2.75) is 65.0 Å². The monoisotopic (exact) mass is 225 g/mol. The summed E-state index contributed by atoms with van der Waals surface area (Å²) in [5.74, 6) is 0.928. The molecule has 2 nitrogen and oxygen atoms in total. The second kappa shape index (κ2) is 4.66. The number of likely N-dealkylation sites (N-methyl/N-ethyl adjacent to an activating group) is 1. The molecule has 0 aliphatic heterocycles. The maximum absolute atomic E-state index is 10.2. The number of hydrogen-bond acceptors (Lipinski definition) is 2. The maximum atomic E-state index is 10.2. The summed E-state index contributed by atoms with van der Waals surface area (Å²) >= 11 is 0. The molecule has 2 aliphatic carbocycles. The van der Waals surface area contributed by atoms with E-state index in [1.165, 1.54) is 25.8 Å². The van der Waals surface area contributed by atoms with E-state index in [4.69, 9.17) is 0 Å². The highest BCUT2D eigenvalue weighted by Gasteiger charge is 2.38. The van der Waals surface area contributed by atoms with Crippen molar-refractivity contribution < 1.29 is 5.11 Å². The highest BCUT2D eigenvalue weighted by atomic mass is 16.3. The summed E-state index contributed by atoms with van der Waals surface area (Å²) in [5.41, 5.74) is 0.418. The third-order valence-electron chi connectivity index (χ3n) is 4.39. The second-order valence-electron chi connectivity index (χ2n) is 6.57. The van der Waals surface area contributed by atoms with Crippen LogP contribution in [0.1, 0.15) is 52.9 Å². The first-order valence-corrected chi connectivity index (χ1v) is 6.94. The van der Waals surface area contributed by atoms with Crippen molar-refractivity contribution in [3.63, 3.8) is 0 Å². The number of rotatable bonds is 4. The molecule has 0 saturated heterocycles. The number of nitrogens with zero attached hydrogens (tertiary/aromatic N) is 1. The average Bonchev–Trinajstić information content (AvgIpc) is 3.02. The minimum absolute atomic E-state index is 0.0910. The lowest BCUT2D eigenvalue weighted by Gasteiger charge is -2.44. The second-order valence-corrected chi connectivity index (χ2v) is 6.57. The van der Waals surface area contributed by atoms with Gasteiger partial charge in [-0.1, -0.05) is 20.8 Å². The third-order valence-corrected chi connectivity index (χ3v) is 4.39. The first-order valence-electron chi connectivity index (χ1n) is 6.94. The molecule has 0 aromatic rings. The van der Waals surface area contributed by atoms with Crippen molar-refractivity contribution in [2.24, 2.45) is 11.3 Å². The van der Waals surface area contributed by atoms with E-state index >= 15 is 0 Å². The molecule has 1 N–H and O–H groups in total. The van der Waals surface area contributed by atoms with E-state index in [2.05, 4.69) is 25.7 Å². The van der Waals surface area contributed by atoms with Gasteiger partial charge >= 0.3 is 0 Å². The van der Waals surface area contributed by atoms with E-state index < -0.39 is 0 Å². The molecular formula is C14H27NO. The molecule has 0 aromatic carbocycles. The molecule has 0 spiro atoms. The van der Waals surface area contributed by atoms with Gasteiger partial charge in [-0.05, 0) is 50.0 Å². The molecule has 2 rings (SSSR count). The Balaban J connectivity index is 1.97. The smallest absolute Gasteiger partial charge is 0.0695 e. The van der Waals surface area contributed by atoms with E-state index in [0.717, 1.165) is 25.3 Å². The van der Waals surface area contributed by atoms with Gasteiger partial charge in [0.15, 0.2) is 0 Å². The van der Waals surface area contributed by atoms with Gasteiger partial charge in [-0.2, -0.15) is 0 Å². The van der Waals surface area contributed by atoms with Crippen LogP contribution < -0.4 is 0 Å².